The number of carbonyl (C=O) groups excluding carboxylic acids is 1. The largest absolute Gasteiger partial charge is 0.506 e. The first-order chi connectivity index (χ1) is 17.6. The number of hydrogen-bond acceptors (Lipinski definition) is 4. The SMILES string of the molecule is CNC(=O)c1ccc(NCC#Cc2cc3c(NC4CCC(C)CC4)cccc3n2CC(F)(F)F)c(O)c1. The fourth-order valence-electron chi connectivity index (χ4n) is 4.73. The number of fused-ring (bicyclic) bond motifs is 1. The second-order valence-electron chi connectivity index (χ2n) is 9.54. The average molecular weight is 513 g/mol. The van der Waals surface area contributed by atoms with Crippen LogP contribution in [0, 0.1) is 17.8 Å². The highest BCUT2D eigenvalue weighted by Crippen LogP contribution is 2.33. The molecule has 0 spiro atoms. The van der Waals surface area contributed by atoms with Crippen molar-refractivity contribution in [2.24, 2.45) is 5.92 Å². The van der Waals surface area contributed by atoms with Crippen LogP contribution in [0.25, 0.3) is 10.9 Å². The summed E-state index contributed by atoms with van der Waals surface area (Å²) in [5, 5.41) is 19.9. The van der Waals surface area contributed by atoms with E-state index in [2.05, 4.69) is 34.7 Å². The smallest absolute Gasteiger partial charge is 0.406 e. The summed E-state index contributed by atoms with van der Waals surface area (Å²) in [6.07, 6.45) is -0.0544. The van der Waals surface area contributed by atoms with Gasteiger partial charge >= 0.3 is 6.18 Å². The van der Waals surface area contributed by atoms with E-state index in [1.807, 2.05) is 6.07 Å². The van der Waals surface area contributed by atoms with E-state index in [9.17, 15) is 23.1 Å². The number of alkyl halides is 3. The molecule has 0 aliphatic heterocycles. The number of aromatic hydroxyl groups is 1. The van der Waals surface area contributed by atoms with Crippen LogP contribution in [0.2, 0.25) is 0 Å². The highest BCUT2D eigenvalue weighted by atomic mass is 19.4. The van der Waals surface area contributed by atoms with Crippen LogP contribution < -0.4 is 16.0 Å². The molecule has 1 aromatic heterocycles. The van der Waals surface area contributed by atoms with Crippen molar-refractivity contribution in [3.63, 3.8) is 0 Å². The summed E-state index contributed by atoms with van der Waals surface area (Å²) in [7, 11) is 1.49. The zero-order valence-corrected chi connectivity index (χ0v) is 20.9. The van der Waals surface area contributed by atoms with Gasteiger partial charge in [-0.25, -0.2) is 0 Å². The molecule has 1 aliphatic rings. The van der Waals surface area contributed by atoms with Gasteiger partial charge in [-0.15, -0.1) is 0 Å². The summed E-state index contributed by atoms with van der Waals surface area (Å²) in [6.45, 7) is 1.20. The fourth-order valence-corrected chi connectivity index (χ4v) is 4.73. The van der Waals surface area contributed by atoms with Gasteiger partial charge in [0.05, 0.1) is 23.4 Å². The van der Waals surface area contributed by atoms with Gasteiger partial charge in [-0.3, -0.25) is 4.79 Å². The standard InChI is InChI=1S/C28H31F3N4O2/c1-18-8-11-20(12-9-18)34-23-6-3-7-25-22(23)16-21(35(25)17-28(29,30)31)5-4-14-33-24-13-10-19(15-26(24)36)27(37)32-2/h3,6-7,10,13,15-16,18,20,33-34,36H,8-9,11-12,14,17H2,1-2H3,(H,32,37). The summed E-state index contributed by atoms with van der Waals surface area (Å²) in [5.41, 5.74) is 2.23. The van der Waals surface area contributed by atoms with E-state index in [1.165, 1.54) is 17.7 Å². The summed E-state index contributed by atoms with van der Waals surface area (Å²) in [4.78, 5) is 11.7. The van der Waals surface area contributed by atoms with Crippen molar-refractivity contribution in [2.45, 2.75) is 51.4 Å². The number of anilines is 2. The Balaban J connectivity index is 1.56. The first-order valence-electron chi connectivity index (χ1n) is 12.4. The number of rotatable bonds is 6. The average Bonchev–Trinajstić information content (AvgIpc) is 3.20. The highest BCUT2D eigenvalue weighted by Gasteiger charge is 2.30. The van der Waals surface area contributed by atoms with Gasteiger partial charge in [0, 0.05) is 29.7 Å². The molecule has 1 heterocycles. The summed E-state index contributed by atoms with van der Waals surface area (Å²) in [6, 6.07) is 11.8. The number of phenols is 1. The van der Waals surface area contributed by atoms with Crippen molar-refractivity contribution in [1.82, 2.24) is 9.88 Å². The molecular weight excluding hydrogens is 481 g/mol. The predicted octanol–water partition coefficient (Wildman–Crippen LogP) is 5.72. The maximum atomic E-state index is 13.5. The van der Waals surface area contributed by atoms with E-state index >= 15 is 0 Å². The number of benzene rings is 2. The van der Waals surface area contributed by atoms with Crippen LogP contribution in [0.4, 0.5) is 24.5 Å². The van der Waals surface area contributed by atoms with Crippen LogP contribution in [0.3, 0.4) is 0 Å². The van der Waals surface area contributed by atoms with E-state index in [0.29, 0.717) is 34.1 Å². The van der Waals surface area contributed by atoms with E-state index in [0.717, 1.165) is 31.4 Å². The maximum Gasteiger partial charge on any atom is 0.406 e. The van der Waals surface area contributed by atoms with E-state index in [1.54, 1.807) is 30.3 Å². The second-order valence-corrected chi connectivity index (χ2v) is 9.54. The maximum absolute atomic E-state index is 13.5. The topological polar surface area (TPSA) is 78.3 Å². The zero-order chi connectivity index (χ0) is 26.6. The van der Waals surface area contributed by atoms with Crippen molar-refractivity contribution in [1.29, 1.82) is 0 Å². The molecule has 3 aromatic rings. The Labute approximate surface area is 214 Å². The minimum absolute atomic E-state index is 0.0891. The van der Waals surface area contributed by atoms with Gasteiger partial charge in [-0.1, -0.05) is 18.9 Å². The fraction of sp³-hybridized carbons (Fsp3) is 0.393. The lowest BCUT2D eigenvalue weighted by atomic mass is 9.87. The van der Waals surface area contributed by atoms with Crippen molar-refractivity contribution in [2.75, 3.05) is 24.2 Å². The number of halogens is 3. The number of nitrogens with zero attached hydrogens (tertiary/aromatic N) is 1. The van der Waals surface area contributed by atoms with Gasteiger partial charge < -0.3 is 25.6 Å². The molecule has 1 amide bonds. The van der Waals surface area contributed by atoms with Crippen LogP contribution in [0.1, 0.15) is 48.7 Å². The van der Waals surface area contributed by atoms with Crippen molar-refractivity contribution >= 4 is 28.2 Å². The molecular formula is C28H31F3N4O2. The molecule has 1 fully saturated rings. The Morgan fingerprint density at radius 3 is 2.54 bits per heavy atom. The Morgan fingerprint density at radius 2 is 1.86 bits per heavy atom. The summed E-state index contributed by atoms with van der Waals surface area (Å²) in [5.74, 6) is 5.98. The summed E-state index contributed by atoms with van der Waals surface area (Å²) < 4.78 is 41.6. The number of amides is 1. The van der Waals surface area contributed by atoms with Gasteiger partial charge in [0.15, 0.2) is 0 Å². The van der Waals surface area contributed by atoms with E-state index in [4.69, 9.17) is 0 Å². The Hall–Kier alpha value is -3.80. The van der Waals surface area contributed by atoms with Crippen LogP contribution in [-0.2, 0) is 6.54 Å². The molecule has 0 radical (unpaired) electrons. The number of nitrogens with one attached hydrogen (secondary N) is 3. The van der Waals surface area contributed by atoms with Gasteiger partial charge in [0.25, 0.3) is 5.91 Å². The molecule has 0 atom stereocenters. The highest BCUT2D eigenvalue weighted by molar-refractivity contribution is 5.95. The van der Waals surface area contributed by atoms with Crippen LogP contribution >= 0.6 is 0 Å². The summed E-state index contributed by atoms with van der Waals surface area (Å²) >= 11 is 0. The van der Waals surface area contributed by atoms with Crippen LogP contribution in [0.15, 0.2) is 42.5 Å². The molecule has 0 unspecified atom stereocenters. The lowest BCUT2D eigenvalue weighted by molar-refractivity contribution is -0.140. The zero-order valence-electron chi connectivity index (χ0n) is 20.9. The molecule has 9 heteroatoms. The molecule has 0 bridgehead atoms. The van der Waals surface area contributed by atoms with Gasteiger partial charge in [0.1, 0.15) is 12.3 Å². The monoisotopic (exact) mass is 512 g/mol. The Kier molecular flexibility index (Phi) is 7.86. The quantitative estimate of drug-likeness (QED) is 0.252. The van der Waals surface area contributed by atoms with Crippen molar-refractivity contribution in [3.05, 3.63) is 53.7 Å². The Bertz CT molecular complexity index is 1330. The van der Waals surface area contributed by atoms with Crippen molar-refractivity contribution in [3.8, 4) is 17.6 Å². The molecule has 196 valence electrons. The molecule has 1 saturated carbocycles. The third kappa shape index (κ3) is 6.50. The van der Waals surface area contributed by atoms with Crippen molar-refractivity contribution < 1.29 is 23.1 Å². The normalized spacial score (nSPS) is 17.6. The second kappa shape index (κ2) is 11.1. The van der Waals surface area contributed by atoms with Gasteiger partial charge in [0.2, 0.25) is 0 Å². The van der Waals surface area contributed by atoms with E-state index in [-0.39, 0.29) is 23.9 Å². The van der Waals surface area contributed by atoms with Crippen LogP contribution in [-0.4, -0.2) is 41.4 Å². The predicted molar refractivity (Wildman–Crippen MR) is 140 cm³/mol. The van der Waals surface area contributed by atoms with Gasteiger partial charge in [-0.05, 0) is 73.9 Å². The molecule has 4 rings (SSSR count). The molecule has 4 N–H and O–H groups in total. The van der Waals surface area contributed by atoms with Gasteiger partial charge in [-0.2, -0.15) is 13.2 Å². The third-order valence-corrected chi connectivity index (χ3v) is 6.73. The molecule has 6 nitrogen and oxygen atoms in total. The number of hydrogen-bond donors (Lipinski definition) is 4. The molecule has 37 heavy (non-hydrogen) atoms. The number of phenolic OH excluding ortho intramolecular Hbond substituents is 1. The lowest BCUT2D eigenvalue weighted by Gasteiger charge is -2.28. The van der Waals surface area contributed by atoms with E-state index < -0.39 is 12.7 Å². The van der Waals surface area contributed by atoms with Crippen LogP contribution in [0.5, 0.6) is 5.75 Å². The minimum atomic E-state index is -4.40. The Morgan fingerprint density at radius 1 is 1.11 bits per heavy atom. The first kappa shape index (κ1) is 26.3. The molecule has 2 aromatic carbocycles. The minimum Gasteiger partial charge on any atom is -0.506 e. The first-order valence-corrected chi connectivity index (χ1v) is 12.4. The lowest BCUT2D eigenvalue weighted by Crippen LogP contribution is -2.25. The molecule has 0 saturated heterocycles. The molecule has 1 aliphatic carbocycles. The number of aromatic nitrogens is 1. The number of carbonyl (C=O) groups is 1. The third-order valence-electron chi connectivity index (χ3n) is 6.73.